The maximum Gasteiger partial charge on any atom is 0.501 e. The molecular weight excluding hydrogens is 491 g/mol. The van der Waals surface area contributed by atoms with Gasteiger partial charge in [-0.3, -0.25) is 4.79 Å². The van der Waals surface area contributed by atoms with E-state index in [4.69, 9.17) is 5.14 Å². The van der Waals surface area contributed by atoms with Gasteiger partial charge in [-0.15, -0.1) is 11.8 Å². The Bertz CT molecular complexity index is 1170. The predicted molar refractivity (Wildman–Crippen MR) is 112 cm³/mol. The van der Waals surface area contributed by atoms with Crippen molar-refractivity contribution in [2.45, 2.75) is 33.0 Å². The molecule has 0 aliphatic rings. The number of hydrogen-bond acceptors (Lipinski definition) is 7. The standard InChI is InChI=1S/C19H20F3NO6S3/c1-29-18(24)10-13(12-30-15-5-3-2-4-6-15)9-14-7-8-16(32(23,27)28)11-17(14)31(25,26)19(20,21)22/h2-8,11,13H,9-10,12H2,1H3,(H2,23,27,28)/t13-/m1/s1. The zero-order valence-electron chi connectivity index (χ0n) is 16.7. The Hall–Kier alpha value is -2.09. The van der Waals surface area contributed by atoms with E-state index >= 15 is 0 Å². The summed E-state index contributed by atoms with van der Waals surface area (Å²) in [6.07, 6.45) is -0.427. The second kappa shape index (κ2) is 10.2. The van der Waals surface area contributed by atoms with E-state index in [9.17, 15) is 34.8 Å². The van der Waals surface area contributed by atoms with Crippen molar-refractivity contribution in [2.24, 2.45) is 11.1 Å². The summed E-state index contributed by atoms with van der Waals surface area (Å²) in [6.45, 7) is 0. The van der Waals surface area contributed by atoms with Gasteiger partial charge in [-0.2, -0.15) is 13.2 Å². The summed E-state index contributed by atoms with van der Waals surface area (Å²) in [5, 5.41) is 4.96. The van der Waals surface area contributed by atoms with Gasteiger partial charge >= 0.3 is 11.5 Å². The maximum atomic E-state index is 13.3. The fraction of sp³-hybridized carbons (Fsp3) is 0.316. The second-order valence-corrected chi connectivity index (χ2v) is 11.3. The first kappa shape index (κ1) is 26.2. The molecule has 0 aromatic heterocycles. The number of sulfone groups is 1. The highest BCUT2D eigenvalue weighted by Gasteiger charge is 2.48. The molecule has 32 heavy (non-hydrogen) atoms. The SMILES string of the molecule is COC(=O)C[C@H](CSc1ccccc1)Cc1ccc(S(N)(=O)=O)cc1S(=O)(=O)C(F)(F)F. The predicted octanol–water partition coefficient (Wildman–Crippen LogP) is 3.14. The molecule has 2 N–H and O–H groups in total. The minimum absolute atomic E-state index is 0.182. The first-order valence-electron chi connectivity index (χ1n) is 8.97. The van der Waals surface area contributed by atoms with Gasteiger partial charge in [0.2, 0.25) is 10.0 Å². The summed E-state index contributed by atoms with van der Waals surface area (Å²) in [4.78, 5) is 10.7. The van der Waals surface area contributed by atoms with E-state index in [0.717, 1.165) is 24.1 Å². The smallest absolute Gasteiger partial charge is 0.469 e. The molecule has 176 valence electrons. The summed E-state index contributed by atoms with van der Waals surface area (Å²) in [5.41, 5.74) is -5.94. The van der Waals surface area contributed by atoms with Crippen LogP contribution >= 0.6 is 11.8 Å². The van der Waals surface area contributed by atoms with Crippen LogP contribution < -0.4 is 5.14 Å². The van der Waals surface area contributed by atoms with Gasteiger partial charge in [-0.05, 0) is 42.2 Å². The number of benzene rings is 2. The van der Waals surface area contributed by atoms with Crippen LogP contribution in [0.5, 0.6) is 0 Å². The van der Waals surface area contributed by atoms with Gasteiger partial charge in [-0.25, -0.2) is 22.0 Å². The third-order valence-electron chi connectivity index (χ3n) is 4.38. The number of carbonyl (C=O) groups excluding carboxylic acids is 1. The molecule has 0 heterocycles. The molecule has 1 atom stereocenters. The number of halogens is 3. The van der Waals surface area contributed by atoms with Gasteiger partial charge in [0, 0.05) is 17.1 Å². The van der Waals surface area contributed by atoms with E-state index in [0.29, 0.717) is 6.07 Å². The van der Waals surface area contributed by atoms with E-state index in [-0.39, 0.29) is 24.2 Å². The molecule has 2 aromatic rings. The molecule has 0 fully saturated rings. The molecule has 0 amide bonds. The van der Waals surface area contributed by atoms with Crippen LogP contribution in [-0.4, -0.2) is 41.2 Å². The van der Waals surface area contributed by atoms with Gasteiger partial charge < -0.3 is 4.74 Å². The Balaban J connectivity index is 2.47. The summed E-state index contributed by atoms with van der Waals surface area (Å²) >= 11 is 1.33. The summed E-state index contributed by atoms with van der Waals surface area (Å²) in [7, 11) is -9.18. The number of alkyl halides is 3. The number of hydrogen-bond donors (Lipinski definition) is 1. The fourth-order valence-electron chi connectivity index (χ4n) is 2.81. The molecule has 0 saturated carbocycles. The minimum atomic E-state index is -5.88. The average molecular weight is 512 g/mol. The Morgan fingerprint density at radius 3 is 2.25 bits per heavy atom. The Morgan fingerprint density at radius 2 is 1.72 bits per heavy atom. The van der Waals surface area contributed by atoms with Crippen LogP contribution in [0, 0.1) is 5.92 Å². The van der Waals surface area contributed by atoms with Gasteiger partial charge in [0.1, 0.15) is 0 Å². The van der Waals surface area contributed by atoms with Gasteiger partial charge in [-0.1, -0.05) is 24.3 Å². The number of carbonyl (C=O) groups is 1. The van der Waals surface area contributed by atoms with Crippen LogP contribution in [0.3, 0.4) is 0 Å². The van der Waals surface area contributed by atoms with Crippen molar-refractivity contribution in [1.82, 2.24) is 0 Å². The van der Waals surface area contributed by atoms with E-state index < -0.39 is 47.0 Å². The van der Waals surface area contributed by atoms with Crippen molar-refractivity contribution in [3.8, 4) is 0 Å². The van der Waals surface area contributed by atoms with Crippen LogP contribution in [0.2, 0.25) is 0 Å². The maximum absolute atomic E-state index is 13.3. The summed E-state index contributed by atoms with van der Waals surface area (Å²) in [5.74, 6) is -0.957. The second-order valence-electron chi connectivity index (χ2n) is 6.74. The highest BCUT2D eigenvalue weighted by atomic mass is 32.2. The minimum Gasteiger partial charge on any atom is -0.469 e. The molecular formula is C19H20F3NO6S3. The van der Waals surface area contributed by atoms with Crippen molar-refractivity contribution in [2.75, 3.05) is 12.9 Å². The quantitative estimate of drug-likeness (QED) is 0.406. The van der Waals surface area contributed by atoms with E-state index in [1.165, 1.54) is 11.8 Å². The lowest BCUT2D eigenvalue weighted by Crippen LogP contribution is -2.26. The van der Waals surface area contributed by atoms with Crippen LogP contribution in [0.25, 0.3) is 0 Å². The first-order chi connectivity index (χ1) is 14.8. The molecule has 0 bridgehead atoms. The molecule has 2 rings (SSSR count). The van der Waals surface area contributed by atoms with Crippen LogP contribution in [0.1, 0.15) is 12.0 Å². The molecule has 0 radical (unpaired) electrons. The third-order valence-corrected chi connectivity index (χ3v) is 8.10. The van der Waals surface area contributed by atoms with Gasteiger partial charge in [0.25, 0.3) is 9.84 Å². The number of methoxy groups -OCH3 is 1. The topological polar surface area (TPSA) is 121 Å². The molecule has 0 spiro atoms. The Morgan fingerprint density at radius 1 is 1.09 bits per heavy atom. The number of primary sulfonamides is 1. The molecule has 13 heteroatoms. The first-order valence-corrected chi connectivity index (χ1v) is 13.0. The average Bonchev–Trinajstić information content (AvgIpc) is 2.71. The van der Waals surface area contributed by atoms with Crippen molar-refractivity contribution < 1.29 is 39.5 Å². The third kappa shape index (κ3) is 6.70. The lowest BCUT2D eigenvalue weighted by Gasteiger charge is -2.19. The van der Waals surface area contributed by atoms with Crippen molar-refractivity contribution >= 4 is 37.6 Å². The molecule has 0 aliphatic carbocycles. The zero-order valence-corrected chi connectivity index (χ0v) is 19.2. The Kier molecular flexibility index (Phi) is 8.37. The normalized spacial score (nSPS) is 13.5. The number of sulfonamides is 1. The molecule has 0 saturated heterocycles. The lowest BCUT2D eigenvalue weighted by molar-refractivity contribution is -0.141. The van der Waals surface area contributed by atoms with Crippen LogP contribution in [-0.2, 0) is 35.8 Å². The fourth-order valence-corrected chi connectivity index (χ4v) is 5.46. The number of nitrogens with two attached hydrogens (primary N) is 1. The molecule has 7 nitrogen and oxygen atoms in total. The number of ether oxygens (including phenoxy) is 1. The molecule has 2 aromatic carbocycles. The Labute approximate surface area is 188 Å². The van der Waals surface area contributed by atoms with Crippen molar-refractivity contribution in [3.63, 3.8) is 0 Å². The highest BCUT2D eigenvalue weighted by Crippen LogP contribution is 2.35. The number of esters is 1. The van der Waals surface area contributed by atoms with Crippen molar-refractivity contribution in [3.05, 3.63) is 54.1 Å². The van der Waals surface area contributed by atoms with Crippen molar-refractivity contribution in [1.29, 1.82) is 0 Å². The van der Waals surface area contributed by atoms with Gasteiger partial charge in [0.15, 0.2) is 0 Å². The van der Waals surface area contributed by atoms with E-state index in [1.54, 1.807) is 30.3 Å². The molecule has 0 aliphatic heterocycles. The van der Waals surface area contributed by atoms with Gasteiger partial charge in [0.05, 0.1) is 16.9 Å². The summed E-state index contributed by atoms with van der Waals surface area (Å²) in [6, 6.07) is 11.3. The number of thioether (sulfide) groups is 1. The lowest BCUT2D eigenvalue weighted by atomic mass is 9.98. The number of rotatable bonds is 9. The van der Waals surface area contributed by atoms with E-state index in [1.807, 2.05) is 0 Å². The largest absolute Gasteiger partial charge is 0.501 e. The van der Waals surface area contributed by atoms with Crippen LogP contribution in [0.4, 0.5) is 13.2 Å². The van der Waals surface area contributed by atoms with E-state index in [2.05, 4.69) is 4.74 Å². The summed E-state index contributed by atoms with van der Waals surface area (Å²) < 4.78 is 91.8. The van der Waals surface area contributed by atoms with Crippen LogP contribution in [0.15, 0.2) is 63.2 Å². The zero-order chi connectivity index (χ0) is 24.2. The molecule has 0 unspecified atom stereocenters. The highest BCUT2D eigenvalue weighted by molar-refractivity contribution is 7.99. The monoisotopic (exact) mass is 511 g/mol.